The number of nitrogens with zero attached hydrogens (tertiary/aromatic N) is 1. The predicted molar refractivity (Wildman–Crippen MR) is 74.6 cm³/mol. The third-order valence-electron chi connectivity index (χ3n) is 1.81. The summed E-state index contributed by atoms with van der Waals surface area (Å²) in [5.74, 6) is 0. The molecule has 0 bridgehead atoms. The number of halogens is 3. The minimum atomic E-state index is -0.480. The molecule has 2 aromatic rings. The molecule has 0 unspecified atom stereocenters. The maximum absolute atomic E-state index is 10.1. The van der Waals surface area contributed by atoms with Gasteiger partial charge in [0, 0.05) is 27.2 Å². The first-order valence-corrected chi connectivity index (χ1v) is 5.93. The Morgan fingerprint density at radius 3 is 1.56 bits per heavy atom. The van der Waals surface area contributed by atoms with Crippen LogP contribution in [0.2, 0.25) is 15.1 Å². The van der Waals surface area contributed by atoms with Gasteiger partial charge in [0.05, 0.1) is 4.92 Å². The molecule has 18 heavy (non-hydrogen) atoms. The van der Waals surface area contributed by atoms with E-state index in [1.807, 2.05) is 6.07 Å². The Bertz CT molecular complexity index is 529. The van der Waals surface area contributed by atoms with E-state index in [1.54, 1.807) is 30.3 Å². The molecule has 0 heterocycles. The van der Waals surface area contributed by atoms with E-state index in [4.69, 9.17) is 34.8 Å². The number of nitro benzene ring substituents is 1. The number of hydrogen-bond acceptors (Lipinski definition) is 2. The Kier molecular flexibility index (Phi) is 5.92. The largest absolute Gasteiger partial charge is 0.270 e. The van der Waals surface area contributed by atoms with Crippen molar-refractivity contribution in [2.24, 2.45) is 0 Å². The summed E-state index contributed by atoms with van der Waals surface area (Å²) in [6.07, 6.45) is 0. The van der Waals surface area contributed by atoms with E-state index in [9.17, 15) is 10.1 Å². The Morgan fingerprint density at radius 2 is 1.28 bits per heavy atom. The van der Waals surface area contributed by atoms with E-state index in [1.165, 1.54) is 12.1 Å². The summed E-state index contributed by atoms with van der Waals surface area (Å²) in [6, 6.07) is 12.9. The highest BCUT2D eigenvalue weighted by molar-refractivity contribution is 6.34. The quantitative estimate of drug-likeness (QED) is 0.534. The number of rotatable bonds is 1. The summed E-state index contributed by atoms with van der Waals surface area (Å²) in [5, 5.41) is 11.8. The molecule has 2 rings (SSSR count). The molecule has 0 saturated heterocycles. The van der Waals surface area contributed by atoms with Gasteiger partial charge in [0.1, 0.15) is 0 Å². The summed E-state index contributed by atoms with van der Waals surface area (Å²) in [4.78, 5) is 9.62. The number of non-ortho nitro benzene ring substituents is 1. The number of nitro groups is 1. The first-order chi connectivity index (χ1) is 8.49. The minimum Gasteiger partial charge on any atom is -0.258 e. The lowest BCUT2D eigenvalue weighted by atomic mass is 10.3. The van der Waals surface area contributed by atoms with Crippen molar-refractivity contribution in [3.63, 3.8) is 0 Å². The van der Waals surface area contributed by atoms with Gasteiger partial charge in [-0.1, -0.05) is 46.9 Å². The highest BCUT2D eigenvalue weighted by Gasteiger charge is 2.02. The smallest absolute Gasteiger partial charge is 0.258 e. The van der Waals surface area contributed by atoms with E-state index < -0.39 is 4.92 Å². The van der Waals surface area contributed by atoms with Crippen LogP contribution >= 0.6 is 34.8 Å². The highest BCUT2D eigenvalue weighted by atomic mass is 35.5. The highest BCUT2D eigenvalue weighted by Crippen LogP contribution is 2.16. The molecular formula is C12H8Cl3NO2. The van der Waals surface area contributed by atoms with Gasteiger partial charge >= 0.3 is 0 Å². The van der Waals surface area contributed by atoms with Gasteiger partial charge in [0.15, 0.2) is 0 Å². The van der Waals surface area contributed by atoms with Crippen LogP contribution in [0.3, 0.4) is 0 Å². The Morgan fingerprint density at radius 1 is 0.833 bits per heavy atom. The molecule has 2 aromatic carbocycles. The lowest BCUT2D eigenvalue weighted by Crippen LogP contribution is -1.85. The molecule has 0 radical (unpaired) electrons. The van der Waals surface area contributed by atoms with E-state index >= 15 is 0 Å². The van der Waals surface area contributed by atoms with Crippen LogP contribution in [-0.2, 0) is 0 Å². The standard InChI is InChI=1S/C6H4Cl2.C6H4ClNO2/c7-5-2-1-3-6(8)4-5;7-5-2-1-3-6(4-5)8(9)10/h1-4H;1-4H. The Labute approximate surface area is 119 Å². The van der Waals surface area contributed by atoms with Crippen LogP contribution in [0, 0.1) is 10.1 Å². The van der Waals surface area contributed by atoms with E-state index in [2.05, 4.69) is 0 Å². The molecule has 0 atom stereocenters. The predicted octanol–water partition coefficient (Wildman–Crippen LogP) is 5.24. The van der Waals surface area contributed by atoms with Crippen molar-refractivity contribution in [1.82, 2.24) is 0 Å². The van der Waals surface area contributed by atoms with Gasteiger partial charge in [-0.3, -0.25) is 10.1 Å². The Balaban J connectivity index is 0.000000184. The van der Waals surface area contributed by atoms with Crippen molar-refractivity contribution in [2.45, 2.75) is 0 Å². The first-order valence-electron chi connectivity index (χ1n) is 4.80. The normalized spacial score (nSPS) is 9.28. The second kappa shape index (κ2) is 7.21. The molecule has 0 fully saturated rings. The average molecular weight is 305 g/mol. The average Bonchev–Trinajstić information content (AvgIpc) is 2.29. The molecular weight excluding hydrogens is 296 g/mol. The molecule has 0 aliphatic heterocycles. The van der Waals surface area contributed by atoms with Gasteiger partial charge in [-0.2, -0.15) is 0 Å². The van der Waals surface area contributed by atoms with E-state index in [0.29, 0.717) is 15.1 Å². The monoisotopic (exact) mass is 303 g/mol. The van der Waals surface area contributed by atoms with Crippen LogP contribution in [-0.4, -0.2) is 4.92 Å². The zero-order valence-electron chi connectivity index (χ0n) is 9.02. The molecule has 0 saturated carbocycles. The van der Waals surface area contributed by atoms with Crippen molar-refractivity contribution in [3.8, 4) is 0 Å². The molecule has 0 N–H and O–H groups in total. The van der Waals surface area contributed by atoms with Crippen molar-refractivity contribution in [1.29, 1.82) is 0 Å². The lowest BCUT2D eigenvalue weighted by molar-refractivity contribution is -0.384. The maximum Gasteiger partial charge on any atom is 0.270 e. The molecule has 0 aliphatic carbocycles. The van der Waals surface area contributed by atoms with Gasteiger partial charge in [0.25, 0.3) is 5.69 Å². The summed E-state index contributed by atoms with van der Waals surface area (Å²) in [7, 11) is 0. The molecule has 0 spiro atoms. The Hall–Kier alpha value is -1.29. The molecule has 0 aromatic heterocycles. The van der Waals surface area contributed by atoms with Crippen molar-refractivity contribution in [3.05, 3.63) is 73.7 Å². The fourth-order valence-corrected chi connectivity index (χ4v) is 1.67. The minimum absolute atomic E-state index is 0.0208. The van der Waals surface area contributed by atoms with Crippen LogP contribution in [0.25, 0.3) is 0 Å². The van der Waals surface area contributed by atoms with Crippen molar-refractivity contribution in [2.75, 3.05) is 0 Å². The van der Waals surface area contributed by atoms with Gasteiger partial charge < -0.3 is 0 Å². The topological polar surface area (TPSA) is 43.1 Å². The van der Waals surface area contributed by atoms with E-state index in [0.717, 1.165) is 0 Å². The SMILES string of the molecule is Clc1cccc(Cl)c1.O=[N+]([O-])c1cccc(Cl)c1. The van der Waals surface area contributed by atoms with Crippen LogP contribution in [0.15, 0.2) is 48.5 Å². The summed E-state index contributed by atoms with van der Waals surface area (Å²) in [6.45, 7) is 0. The summed E-state index contributed by atoms with van der Waals surface area (Å²) in [5.41, 5.74) is 0.0208. The van der Waals surface area contributed by atoms with E-state index in [-0.39, 0.29) is 5.69 Å². The van der Waals surface area contributed by atoms with Crippen molar-refractivity contribution >= 4 is 40.5 Å². The van der Waals surface area contributed by atoms with Crippen LogP contribution in [0.5, 0.6) is 0 Å². The zero-order valence-corrected chi connectivity index (χ0v) is 11.3. The fraction of sp³-hybridized carbons (Fsp3) is 0. The molecule has 94 valence electrons. The van der Waals surface area contributed by atoms with Crippen molar-refractivity contribution < 1.29 is 4.92 Å². The second-order valence-corrected chi connectivity index (χ2v) is 4.49. The summed E-state index contributed by atoms with van der Waals surface area (Å²) < 4.78 is 0. The van der Waals surface area contributed by atoms with Crippen LogP contribution < -0.4 is 0 Å². The maximum atomic E-state index is 10.1. The first kappa shape index (κ1) is 14.8. The fourth-order valence-electron chi connectivity index (χ4n) is 1.05. The summed E-state index contributed by atoms with van der Waals surface area (Å²) >= 11 is 16.6. The number of hydrogen-bond donors (Lipinski definition) is 0. The van der Waals surface area contributed by atoms with Gasteiger partial charge in [-0.25, -0.2) is 0 Å². The second-order valence-electron chi connectivity index (χ2n) is 3.18. The molecule has 0 aliphatic rings. The zero-order chi connectivity index (χ0) is 13.5. The number of benzene rings is 2. The molecule has 6 heteroatoms. The molecule has 0 amide bonds. The van der Waals surface area contributed by atoms with Gasteiger partial charge in [-0.05, 0) is 24.3 Å². The van der Waals surface area contributed by atoms with Crippen LogP contribution in [0.1, 0.15) is 0 Å². The molecule has 3 nitrogen and oxygen atoms in total. The van der Waals surface area contributed by atoms with Gasteiger partial charge in [-0.15, -0.1) is 0 Å². The van der Waals surface area contributed by atoms with Gasteiger partial charge in [0.2, 0.25) is 0 Å². The third kappa shape index (κ3) is 5.36. The lowest BCUT2D eigenvalue weighted by Gasteiger charge is -1.89. The third-order valence-corrected chi connectivity index (χ3v) is 2.51. The van der Waals surface area contributed by atoms with Crippen LogP contribution in [0.4, 0.5) is 5.69 Å².